The third-order valence-electron chi connectivity index (χ3n) is 5.95. The molecule has 1 aromatic heterocycles. The molecule has 1 heterocycles. The van der Waals surface area contributed by atoms with Crippen LogP contribution in [-0.2, 0) is 11.3 Å². The van der Waals surface area contributed by atoms with Gasteiger partial charge in [0.25, 0.3) is 5.56 Å². The molecule has 28 heavy (non-hydrogen) atoms. The van der Waals surface area contributed by atoms with Crippen molar-refractivity contribution in [1.82, 2.24) is 14.5 Å². The van der Waals surface area contributed by atoms with E-state index < -0.39 is 0 Å². The number of rotatable bonds is 8. The SMILES string of the molecule is CCC(c1nc2ccccc2c(=O)n1CC)N(CCC(C)C)C(=O)C1CCC1. The van der Waals surface area contributed by atoms with Crippen LogP contribution in [0.3, 0.4) is 0 Å². The number of carbonyl (C=O) groups is 1. The van der Waals surface area contributed by atoms with E-state index in [1.54, 1.807) is 4.57 Å². The quantitative estimate of drug-likeness (QED) is 0.672. The van der Waals surface area contributed by atoms with Crippen LogP contribution >= 0.6 is 0 Å². The molecule has 0 aliphatic heterocycles. The normalized spacial score (nSPS) is 15.6. The van der Waals surface area contributed by atoms with Crippen LogP contribution in [0.4, 0.5) is 0 Å². The molecule has 0 bridgehead atoms. The minimum atomic E-state index is -0.163. The third-order valence-corrected chi connectivity index (χ3v) is 5.95. The molecule has 0 N–H and O–H groups in total. The molecule has 2 aromatic rings. The van der Waals surface area contributed by atoms with Crippen LogP contribution in [0.5, 0.6) is 0 Å². The Hall–Kier alpha value is -2.17. The van der Waals surface area contributed by atoms with E-state index in [4.69, 9.17) is 4.98 Å². The maximum Gasteiger partial charge on any atom is 0.261 e. The van der Waals surface area contributed by atoms with Crippen molar-refractivity contribution in [2.24, 2.45) is 11.8 Å². The van der Waals surface area contributed by atoms with Crippen LogP contribution in [0.25, 0.3) is 10.9 Å². The van der Waals surface area contributed by atoms with Crippen molar-refractivity contribution in [3.8, 4) is 0 Å². The zero-order valence-corrected chi connectivity index (χ0v) is 17.6. The average molecular weight is 384 g/mol. The summed E-state index contributed by atoms with van der Waals surface area (Å²) in [5.74, 6) is 1.63. The molecular formula is C23H33N3O2. The van der Waals surface area contributed by atoms with Crippen molar-refractivity contribution in [3.05, 3.63) is 40.4 Å². The first-order chi connectivity index (χ1) is 13.5. The van der Waals surface area contributed by atoms with Gasteiger partial charge in [-0.2, -0.15) is 0 Å². The van der Waals surface area contributed by atoms with Crippen molar-refractivity contribution >= 4 is 16.8 Å². The molecule has 1 aromatic carbocycles. The Morgan fingerprint density at radius 1 is 1.25 bits per heavy atom. The first kappa shape index (κ1) is 20.6. The Morgan fingerprint density at radius 3 is 2.54 bits per heavy atom. The highest BCUT2D eigenvalue weighted by molar-refractivity contribution is 5.80. The lowest BCUT2D eigenvalue weighted by Crippen LogP contribution is -2.44. The van der Waals surface area contributed by atoms with E-state index in [0.29, 0.717) is 23.4 Å². The van der Waals surface area contributed by atoms with E-state index in [0.717, 1.165) is 44.5 Å². The lowest BCUT2D eigenvalue weighted by molar-refractivity contribution is -0.141. The Morgan fingerprint density at radius 2 is 1.96 bits per heavy atom. The van der Waals surface area contributed by atoms with Gasteiger partial charge in [-0.05, 0) is 50.7 Å². The highest BCUT2D eigenvalue weighted by Gasteiger charge is 2.34. The number of aromatic nitrogens is 2. The van der Waals surface area contributed by atoms with E-state index in [2.05, 4.69) is 20.8 Å². The van der Waals surface area contributed by atoms with Crippen LogP contribution in [0.15, 0.2) is 29.1 Å². The summed E-state index contributed by atoms with van der Waals surface area (Å²) >= 11 is 0. The number of benzene rings is 1. The van der Waals surface area contributed by atoms with Gasteiger partial charge in [0, 0.05) is 19.0 Å². The smallest absolute Gasteiger partial charge is 0.261 e. The molecule has 1 saturated carbocycles. The summed E-state index contributed by atoms with van der Waals surface area (Å²) in [6, 6.07) is 7.34. The molecule has 0 spiro atoms. The van der Waals surface area contributed by atoms with Gasteiger partial charge in [0.05, 0.1) is 16.9 Å². The summed E-state index contributed by atoms with van der Waals surface area (Å²) in [6.07, 6.45) is 4.82. The number of fused-ring (bicyclic) bond motifs is 1. The fourth-order valence-electron chi connectivity index (χ4n) is 3.99. The molecule has 0 saturated heterocycles. The molecule has 3 rings (SSSR count). The molecule has 1 aliphatic carbocycles. The van der Waals surface area contributed by atoms with Gasteiger partial charge in [-0.25, -0.2) is 4.98 Å². The molecule has 5 heteroatoms. The first-order valence-corrected chi connectivity index (χ1v) is 10.8. The molecule has 152 valence electrons. The summed E-state index contributed by atoms with van der Waals surface area (Å²) in [5.41, 5.74) is 0.701. The second-order valence-corrected chi connectivity index (χ2v) is 8.30. The van der Waals surface area contributed by atoms with Gasteiger partial charge in [0.2, 0.25) is 5.91 Å². The van der Waals surface area contributed by atoms with Crippen LogP contribution in [0, 0.1) is 11.8 Å². The zero-order chi connectivity index (χ0) is 20.3. The highest BCUT2D eigenvalue weighted by Crippen LogP contribution is 2.33. The van der Waals surface area contributed by atoms with E-state index in [1.165, 1.54) is 0 Å². The number of para-hydroxylation sites is 1. The molecular weight excluding hydrogens is 350 g/mol. The van der Waals surface area contributed by atoms with Gasteiger partial charge in [0.1, 0.15) is 5.82 Å². The van der Waals surface area contributed by atoms with Gasteiger partial charge in [-0.3, -0.25) is 14.2 Å². The molecule has 0 radical (unpaired) electrons. The Labute approximate surface area is 167 Å². The molecule has 5 nitrogen and oxygen atoms in total. The summed E-state index contributed by atoms with van der Waals surface area (Å²) < 4.78 is 1.76. The highest BCUT2D eigenvalue weighted by atomic mass is 16.2. The average Bonchev–Trinajstić information content (AvgIpc) is 2.63. The van der Waals surface area contributed by atoms with Gasteiger partial charge in [-0.15, -0.1) is 0 Å². The predicted octanol–water partition coefficient (Wildman–Crippen LogP) is 4.54. The Kier molecular flexibility index (Phi) is 6.53. The fourth-order valence-corrected chi connectivity index (χ4v) is 3.99. The van der Waals surface area contributed by atoms with E-state index in [9.17, 15) is 9.59 Å². The van der Waals surface area contributed by atoms with Crippen molar-refractivity contribution in [3.63, 3.8) is 0 Å². The monoisotopic (exact) mass is 383 g/mol. The minimum absolute atomic E-state index is 0.0125. The summed E-state index contributed by atoms with van der Waals surface area (Å²) in [6.45, 7) is 9.70. The second-order valence-electron chi connectivity index (χ2n) is 8.30. The third kappa shape index (κ3) is 3.98. The van der Waals surface area contributed by atoms with E-state index in [-0.39, 0.29) is 23.4 Å². The Balaban J connectivity index is 2.07. The fraction of sp³-hybridized carbons (Fsp3) is 0.609. The maximum atomic E-state index is 13.3. The van der Waals surface area contributed by atoms with Crippen LogP contribution in [-0.4, -0.2) is 26.9 Å². The topological polar surface area (TPSA) is 55.2 Å². The number of hydrogen-bond acceptors (Lipinski definition) is 3. The number of hydrogen-bond donors (Lipinski definition) is 0. The predicted molar refractivity (Wildman–Crippen MR) is 113 cm³/mol. The number of nitrogens with zero attached hydrogens (tertiary/aromatic N) is 3. The van der Waals surface area contributed by atoms with Gasteiger partial charge >= 0.3 is 0 Å². The van der Waals surface area contributed by atoms with Gasteiger partial charge < -0.3 is 4.90 Å². The van der Waals surface area contributed by atoms with E-state index >= 15 is 0 Å². The largest absolute Gasteiger partial charge is 0.332 e. The summed E-state index contributed by atoms with van der Waals surface area (Å²) in [4.78, 5) is 33.3. The van der Waals surface area contributed by atoms with Crippen molar-refractivity contribution in [1.29, 1.82) is 0 Å². The van der Waals surface area contributed by atoms with Gasteiger partial charge in [0.15, 0.2) is 0 Å². The lowest BCUT2D eigenvalue weighted by Gasteiger charge is -2.37. The van der Waals surface area contributed by atoms with Crippen molar-refractivity contribution in [2.45, 2.75) is 72.4 Å². The zero-order valence-electron chi connectivity index (χ0n) is 17.6. The van der Waals surface area contributed by atoms with Crippen molar-refractivity contribution < 1.29 is 4.79 Å². The summed E-state index contributed by atoms with van der Waals surface area (Å²) in [7, 11) is 0. The van der Waals surface area contributed by atoms with Crippen LogP contribution in [0.2, 0.25) is 0 Å². The standard InChI is InChI=1S/C23H33N3O2/c1-5-20(26(15-14-16(3)4)22(27)17-10-9-11-17)21-24-19-13-8-7-12-18(19)23(28)25(21)6-2/h7-8,12-13,16-17,20H,5-6,9-11,14-15H2,1-4H3. The first-order valence-electron chi connectivity index (χ1n) is 10.8. The maximum absolute atomic E-state index is 13.3. The van der Waals surface area contributed by atoms with Crippen LogP contribution in [0.1, 0.15) is 71.7 Å². The van der Waals surface area contributed by atoms with Gasteiger partial charge in [-0.1, -0.05) is 39.3 Å². The summed E-state index contributed by atoms with van der Waals surface area (Å²) in [5, 5.41) is 0.641. The van der Waals surface area contributed by atoms with Crippen LogP contribution < -0.4 is 5.56 Å². The molecule has 1 fully saturated rings. The minimum Gasteiger partial charge on any atom is -0.332 e. The Bertz CT molecular complexity index is 883. The lowest BCUT2D eigenvalue weighted by atomic mass is 9.83. The molecule has 1 aliphatic rings. The van der Waals surface area contributed by atoms with Crippen molar-refractivity contribution in [2.75, 3.05) is 6.54 Å². The molecule has 1 amide bonds. The number of amides is 1. The molecule has 1 atom stereocenters. The second kappa shape index (κ2) is 8.89. The number of carbonyl (C=O) groups excluding carboxylic acids is 1. The molecule has 1 unspecified atom stereocenters. The van der Waals surface area contributed by atoms with E-state index in [1.807, 2.05) is 36.1 Å².